The van der Waals surface area contributed by atoms with Crippen LogP contribution in [0.3, 0.4) is 0 Å². The van der Waals surface area contributed by atoms with Crippen LogP contribution in [0.15, 0.2) is 12.4 Å². The van der Waals surface area contributed by atoms with E-state index in [2.05, 4.69) is 15.3 Å². The zero-order chi connectivity index (χ0) is 25.8. The Morgan fingerprint density at radius 1 is 1.20 bits per heavy atom. The topological polar surface area (TPSA) is 100 Å². The smallest absolute Gasteiger partial charge is 0.419 e. The van der Waals surface area contributed by atoms with Gasteiger partial charge in [-0.05, 0) is 34.1 Å². The Hall–Kier alpha value is -2.83. The zero-order valence-electron chi connectivity index (χ0n) is 20.5. The molecule has 0 aliphatic carbocycles. The van der Waals surface area contributed by atoms with Crippen molar-refractivity contribution in [3.05, 3.63) is 18.0 Å². The monoisotopic (exact) mass is 502 g/mol. The number of carbonyl (C=O) groups is 2. The molecule has 35 heavy (non-hydrogen) atoms. The first-order chi connectivity index (χ1) is 16.3. The maximum atomic E-state index is 12.7. The summed E-state index contributed by atoms with van der Waals surface area (Å²) in [5.41, 5.74) is -1.45. The van der Waals surface area contributed by atoms with Crippen molar-refractivity contribution in [2.75, 3.05) is 50.8 Å². The number of nitrogens with zero attached hydrogens (tertiary/aromatic N) is 5. The number of aromatic nitrogens is 2. The van der Waals surface area contributed by atoms with E-state index in [1.807, 2.05) is 6.92 Å². The van der Waals surface area contributed by atoms with Crippen LogP contribution in [0.5, 0.6) is 0 Å². The molecule has 0 radical (unpaired) electrons. The van der Waals surface area contributed by atoms with Gasteiger partial charge in [0.15, 0.2) is 0 Å². The Labute approximate surface area is 202 Å². The van der Waals surface area contributed by atoms with Crippen molar-refractivity contribution in [2.45, 2.75) is 58.0 Å². The predicted molar refractivity (Wildman–Crippen MR) is 121 cm³/mol. The summed E-state index contributed by atoms with van der Waals surface area (Å²) in [6.45, 7) is 10.7. The Bertz CT molecular complexity index is 871. The third-order valence-corrected chi connectivity index (χ3v) is 5.53. The van der Waals surface area contributed by atoms with E-state index in [4.69, 9.17) is 9.47 Å². The molecular formula is C22H33F3N6O4. The van der Waals surface area contributed by atoms with Crippen LogP contribution in [0.4, 0.5) is 28.7 Å². The average molecular weight is 503 g/mol. The van der Waals surface area contributed by atoms with Crippen molar-refractivity contribution in [2.24, 2.45) is 0 Å². The molecule has 0 saturated carbocycles. The lowest BCUT2D eigenvalue weighted by molar-refractivity contribution is -0.138. The molecule has 196 valence electrons. The lowest BCUT2D eigenvalue weighted by Crippen LogP contribution is -2.60. The van der Waals surface area contributed by atoms with E-state index in [9.17, 15) is 22.8 Å². The number of halogens is 3. The summed E-state index contributed by atoms with van der Waals surface area (Å²) < 4.78 is 48.8. The molecule has 1 N–H and O–H groups in total. The maximum absolute atomic E-state index is 12.7. The summed E-state index contributed by atoms with van der Waals surface area (Å²) in [5.74, 6) is 0.227. The molecule has 2 aliphatic heterocycles. The largest absolute Gasteiger partial charge is 0.444 e. The fourth-order valence-corrected chi connectivity index (χ4v) is 3.76. The van der Waals surface area contributed by atoms with Gasteiger partial charge in [0.2, 0.25) is 5.95 Å². The van der Waals surface area contributed by atoms with E-state index < -0.39 is 23.4 Å². The highest BCUT2D eigenvalue weighted by Crippen LogP contribution is 2.29. The summed E-state index contributed by atoms with van der Waals surface area (Å²) in [7, 11) is 0. The highest BCUT2D eigenvalue weighted by Gasteiger charge is 2.40. The molecular weight excluding hydrogens is 469 g/mol. The second-order valence-electron chi connectivity index (χ2n) is 9.77. The van der Waals surface area contributed by atoms with Gasteiger partial charge >= 0.3 is 18.3 Å². The molecule has 3 amide bonds. The van der Waals surface area contributed by atoms with E-state index in [-0.39, 0.29) is 24.1 Å². The van der Waals surface area contributed by atoms with Gasteiger partial charge in [0.05, 0.1) is 24.3 Å². The summed E-state index contributed by atoms with van der Waals surface area (Å²) in [6, 6.07) is -0.277. The molecule has 1 aromatic heterocycles. The highest BCUT2D eigenvalue weighted by atomic mass is 19.4. The van der Waals surface area contributed by atoms with Gasteiger partial charge in [-0.3, -0.25) is 0 Å². The van der Waals surface area contributed by atoms with Crippen molar-refractivity contribution in [1.29, 1.82) is 0 Å². The minimum absolute atomic E-state index is 0.0191. The normalized spacial score (nSPS) is 18.0. The number of ether oxygens (including phenoxy) is 2. The van der Waals surface area contributed by atoms with Crippen LogP contribution in [-0.4, -0.2) is 95.5 Å². The summed E-state index contributed by atoms with van der Waals surface area (Å²) in [6.07, 6.45) is -2.75. The quantitative estimate of drug-likeness (QED) is 0.519. The van der Waals surface area contributed by atoms with E-state index in [1.54, 1.807) is 35.5 Å². The molecule has 1 atom stereocenters. The number of hydrogen-bond acceptors (Lipinski definition) is 7. The number of anilines is 1. The average Bonchev–Trinajstić information content (AvgIpc) is 3.05. The molecule has 3 heterocycles. The number of alkyl halides is 3. The van der Waals surface area contributed by atoms with Gasteiger partial charge in [0.1, 0.15) is 5.60 Å². The minimum Gasteiger partial charge on any atom is -0.444 e. The molecule has 0 bridgehead atoms. The molecule has 2 saturated heterocycles. The van der Waals surface area contributed by atoms with Crippen LogP contribution < -0.4 is 10.2 Å². The maximum Gasteiger partial charge on any atom is 0.419 e. The van der Waals surface area contributed by atoms with E-state index in [0.717, 1.165) is 12.4 Å². The van der Waals surface area contributed by atoms with Gasteiger partial charge in [-0.1, -0.05) is 0 Å². The number of urea groups is 1. The molecule has 13 heteroatoms. The second kappa shape index (κ2) is 10.8. The molecule has 1 unspecified atom stereocenters. The van der Waals surface area contributed by atoms with E-state index in [0.29, 0.717) is 52.4 Å². The molecule has 0 aromatic carbocycles. The summed E-state index contributed by atoms with van der Waals surface area (Å²) >= 11 is 0. The lowest BCUT2D eigenvalue weighted by atomic mass is 10.1. The van der Waals surface area contributed by atoms with Crippen LogP contribution in [-0.2, 0) is 15.7 Å². The Balaban J connectivity index is 1.31. The third kappa shape index (κ3) is 7.58. The SMILES string of the molecule is CC(COCCCN1CCN(C2CN(c3ncc(C(F)(F)F)cn3)C2)C1=O)NC(=O)OC(C)(C)C. The standard InChI is InChI=1S/C22H33F3N6O4/c1-15(28-19(32)35-21(2,3)4)14-34-9-5-6-29-7-8-31(20(29)33)17-12-30(13-17)18-26-10-16(11-27-18)22(23,24)25/h10-11,15,17H,5-9,12-14H2,1-4H3,(H,28,32). The van der Waals surface area contributed by atoms with Crippen LogP contribution in [0.1, 0.15) is 39.7 Å². The molecule has 2 fully saturated rings. The Morgan fingerprint density at radius 3 is 2.46 bits per heavy atom. The summed E-state index contributed by atoms with van der Waals surface area (Å²) in [4.78, 5) is 37.4. The first-order valence-electron chi connectivity index (χ1n) is 11.6. The Kier molecular flexibility index (Phi) is 8.29. The number of amides is 3. The lowest BCUT2D eigenvalue weighted by Gasteiger charge is -2.43. The van der Waals surface area contributed by atoms with Gasteiger partial charge in [-0.25, -0.2) is 19.6 Å². The fraction of sp³-hybridized carbons (Fsp3) is 0.727. The fourth-order valence-electron chi connectivity index (χ4n) is 3.76. The van der Waals surface area contributed by atoms with Crippen molar-refractivity contribution < 1.29 is 32.2 Å². The van der Waals surface area contributed by atoms with E-state index >= 15 is 0 Å². The van der Waals surface area contributed by atoms with Crippen molar-refractivity contribution >= 4 is 18.1 Å². The van der Waals surface area contributed by atoms with Crippen molar-refractivity contribution in [3.63, 3.8) is 0 Å². The molecule has 0 spiro atoms. The van der Waals surface area contributed by atoms with Crippen molar-refractivity contribution in [3.8, 4) is 0 Å². The number of hydrogen-bond donors (Lipinski definition) is 1. The van der Waals surface area contributed by atoms with Gasteiger partial charge < -0.3 is 29.5 Å². The number of rotatable bonds is 9. The van der Waals surface area contributed by atoms with Crippen LogP contribution in [0, 0.1) is 0 Å². The van der Waals surface area contributed by atoms with Crippen LogP contribution >= 0.6 is 0 Å². The van der Waals surface area contributed by atoms with Gasteiger partial charge in [-0.2, -0.15) is 13.2 Å². The Morgan fingerprint density at radius 2 is 1.86 bits per heavy atom. The first kappa shape index (κ1) is 26.8. The zero-order valence-corrected chi connectivity index (χ0v) is 20.5. The number of nitrogens with one attached hydrogen (secondary N) is 1. The predicted octanol–water partition coefficient (Wildman–Crippen LogP) is 2.74. The molecule has 10 nitrogen and oxygen atoms in total. The van der Waals surface area contributed by atoms with Crippen molar-refractivity contribution in [1.82, 2.24) is 25.1 Å². The minimum atomic E-state index is -4.47. The van der Waals surface area contributed by atoms with Gasteiger partial charge in [-0.15, -0.1) is 0 Å². The first-order valence-corrected chi connectivity index (χ1v) is 11.6. The third-order valence-electron chi connectivity index (χ3n) is 5.53. The van der Waals surface area contributed by atoms with Crippen LogP contribution in [0.2, 0.25) is 0 Å². The molecule has 3 rings (SSSR count). The van der Waals surface area contributed by atoms with Crippen LogP contribution in [0.25, 0.3) is 0 Å². The number of carbonyl (C=O) groups excluding carboxylic acids is 2. The molecule has 1 aromatic rings. The van der Waals surface area contributed by atoms with Gasteiger partial charge in [0, 0.05) is 51.7 Å². The van der Waals surface area contributed by atoms with E-state index in [1.165, 1.54) is 0 Å². The second-order valence-corrected chi connectivity index (χ2v) is 9.77. The number of alkyl carbamates (subject to hydrolysis) is 1. The molecule has 2 aliphatic rings. The van der Waals surface area contributed by atoms with Gasteiger partial charge in [0.25, 0.3) is 0 Å². The highest BCUT2D eigenvalue weighted by molar-refractivity contribution is 5.77. The summed E-state index contributed by atoms with van der Waals surface area (Å²) in [5, 5.41) is 2.71.